The number of nitrogens with zero attached hydrogens (tertiary/aromatic N) is 1. The van der Waals surface area contributed by atoms with Crippen LogP contribution in [0.2, 0.25) is 10.0 Å². The molecule has 1 fully saturated rings. The van der Waals surface area contributed by atoms with Gasteiger partial charge in [0.05, 0.1) is 10.2 Å². The van der Waals surface area contributed by atoms with Crippen LogP contribution in [0.25, 0.3) is 10.2 Å². The van der Waals surface area contributed by atoms with Gasteiger partial charge in [-0.05, 0) is 60.7 Å². The van der Waals surface area contributed by atoms with Crippen LogP contribution in [0.4, 0.5) is 5.13 Å². The van der Waals surface area contributed by atoms with Gasteiger partial charge in [0.25, 0.3) is 0 Å². The van der Waals surface area contributed by atoms with E-state index in [9.17, 15) is 4.79 Å². The SMILES string of the molecule is Cc1ccc2nc(NC(=O)[C@H]3C[C@@H]3c3cc(Cl)cc(Cl)c3)sc2c1. The van der Waals surface area contributed by atoms with E-state index >= 15 is 0 Å². The summed E-state index contributed by atoms with van der Waals surface area (Å²) in [5.41, 5.74) is 3.12. The minimum Gasteiger partial charge on any atom is -0.302 e. The van der Waals surface area contributed by atoms with E-state index in [1.54, 1.807) is 6.07 Å². The van der Waals surface area contributed by atoms with Crippen molar-refractivity contribution in [3.63, 3.8) is 0 Å². The van der Waals surface area contributed by atoms with Gasteiger partial charge in [-0.2, -0.15) is 0 Å². The molecule has 1 saturated carbocycles. The Morgan fingerprint density at radius 2 is 1.96 bits per heavy atom. The maximum absolute atomic E-state index is 12.5. The number of thiazole rings is 1. The molecule has 1 aliphatic carbocycles. The van der Waals surface area contributed by atoms with Crippen LogP contribution in [0, 0.1) is 12.8 Å². The number of halogens is 2. The summed E-state index contributed by atoms with van der Waals surface area (Å²) in [6, 6.07) is 11.5. The lowest BCUT2D eigenvalue weighted by molar-refractivity contribution is -0.117. The Balaban J connectivity index is 1.48. The van der Waals surface area contributed by atoms with Crippen molar-refractivity contribution in [2.45, 2.75) is 19.3 Å². The summed E-state index contributed by atoms with van der Waals surface area (Å²) in [7, 11) is 0. The first-order valence-electron chi connectivity index (χ1n) is 7.63. The number of hydrogen-bond acceptors (Lipinski definition) is 3. The molecule has 122 valence electrons. The number of anilines is 1. The van der Waals surface area contributed by atoms with Gasteiger partial charge in [-0.1, -0.05) is 40.6 Å². The monoisotopic (exact) mass is 376 g/mol. The van der Waals surface area contributed by atoms with Crippen LogP contribution in [0.5, 0.6) is 0 Å². The highest BCUT2D eigenvalue weighted by Gasteiger charge is 2.44. The second-order valence-electron chi connectivity index (χ2n) is 6.13. The van der Waals surface area contributed by atoms with Crippen molar-refractivity contribution in [3.05, 3.63) is 57.6 Å². The van der Waals surface area contributed by atoms with Gasteiger partial charge in [-0.3, -0.25) is 4.79 Å². The standard InChI is InChI=1S/C18H14Cl2N2OS/c1-9-2-3-15-16(4-9)24-18(21-15)22-17(23)14-8-13(14)10-5-11(19)7-12(20)6-10/h2-7,13-14H,8H2,1H3,(H,21,22,23)/t13-,14+/m1/s1. The van der Waals surface area contributed by atoms with E-state index in [1.165, 1.54) is 16.9 Å². The smallest absolute Gasteiger partial charge is 0.229 e. The fourth-order valence-corrected chi connectivity index (χ4v) is 4.44. The van der Waals surface area contributed by atoms with Crippen molar-refractivity contribution in [2.24, 2.45) is 5.92 Å². The van der Waals surface area contributed by atoms with Gasteiger partial charge in [0, 0.05) is 16.0 Å². The van der Waals surface area contributed by atoms with Gasteiger partial charge < -0.3 is 5.32 Å². The highest BCUT2D eigenvalue weighted by atomic mass is 35.5. The molecule has 24 heavy (non-hydrogen) atoms. The lowest BCUT2D eigenvalue weighted by Gasteiger charge is -2.03. The van der Waals surface area contributed by atoms with Gasteiger partial charge in [-0.25, -0.2) is 4.98 Å². The number of fused-ring (bicyclic) bond motifs is 1. The second-order valence-corrected chi connectivity index (χ2v) is 8.03. The van der Waals surface area contributed by atoms with Crippen molar-refractivity contribution in [2.75, 3.05) is 5.32 Å². The lowest BCUT2D eigenvalue weighted by Crippen LogP contribution is -2.14. The number of benzene rings is 2. The summed E-state index contributed by atoms with van der Waals surface area (Å²) in [5, 5.41) is 4.80. The molecule has 2 aromatic carbocycles. The molecule has 4 rings (SSSR count). The van der Waals surface area contributed by atoms with E-state index in [0.29, 0.717) is 15.2 Å². The molecule has 2 atom stereocenters. The number of carbonyl (C=O) groups excluding carboxylic acids is 1. The van der Waals surface area contributed by atoms with Gasteiger partial charge in [0.15, 0.2) is 5.13 Å². The molecule has 1 aromatic heterocycles. The number of carbonyl (C=O) groups is 1. The zero-order chi connectivity index (χ0) is 16.8. The molecule has 1 N–H and O–H groups in total. The third-order valence-electron chi connectivity index (χ3n) is 4.21. The first-order valence-corrected chi connectivity index (χ1v) is 9.21. The van der Waals surface area contributed by atoms with E-state index < -0.39 is 0 Å². The number of rotatable bonds is 3. The zero-order valence-electron chi connectivity index (χ0n) is 12.8. The molecule has 1 aliphatic rings. The van der Waals surface area contributed by atoms with Crippen molar-refractivity contribution in [1.29, 1.82) is 0 Å². The first-order chi connectivity index (χ1) is 11.5. The van der Waals surface area contributed by atoms with E-state index in [2.05, 4.69) is 16.4 Å². The summed E-state index contributed by atoms with van der Waals surface area (Å²) < 4.78 is 1.08. The second kappa shape index (κ2) is 6.03. The fourth-order valence-electron chi connectivity index (χ4n) is 2.93. The Labute approximate surface area is 153 Å². The minimum absolute atomic E-state index is 0.00637. The molecule has 0 radical (unpaired) electrons. The predicted molar refractivity (Wildman–Crippen MR) is 100 cm³/mol. The molecule has 1 amide bonds. The molecular formula is C18H14Cl2N2OS. The first kappa shape index (κ1) is 15.9. The Hall–Kier alpha value is -1.62. The maximum atomic E-state index is 12.5. The number of amides is 1. The highest BCUT2D eigenvalue weighted by Crippen LogP contribution is 2.49. The Kier molecular flexibility index (Phi) is 3.99. The number of aryl methyl sites for hydroxylation is 1. The average Bonchev–Trinajstić information content (AvgIpc) is 3.21. The molecular weight excluding hydrogens is 363 g/mol. The van der Waals surface area contributed by atoms with Crippen molar-refractivity contribution >= 4 is 55.8 Å². The quantitative estimate of drug-likeness (QED) is 0.641. The van der Waals surface area contributed by atoms with Crippen LogP contribution in [-0.2, 0) is 4.79 Å². The zero-order valence-corrected chi connectivity index (χ0v) is 15.2. The van der Waals surface area contributed by atoms with Crippen LogP contribution >= 0.6 is 34.5 Å². The van der Waals surface area contributed by atoms with Crippen molar-refractivity contribution < 1.29 is 4.79 Å². The third-order valence-corrected chi connectivity index (χ3v) is 5.58. The van der Waals surface area contributed by atoms with Crippen LogP contribution in [0.1, 0.15) is 23.5 Å². The Bertz CT molecular complexity index is 933. The van der Waals surface area contributed by atoms with Gasteiger partial charge >= 0.3 is 0 Å². The summed E-state index contributed by atoms with van der Waals surface area (Å²) in [5.74, 6) is 0.137. The summed E-state index contributed by atoms with van der Waals surface area (Å²) in [6.07, 6.45) is 0.812. The molecule has 0 spiro atoms. The number of nitrogens with one attached hydrogen (secondary N) is 1. The summed E-state index contributed by atoms with van der Waals surface area (Å²) in [4.78, 5) is 16.9. The lowest BCUT2D eigenvalue weighted by atomic mass is 10.1. The molecule has 0 saturated heterocycles. The van der Waals surface area contributed by atoms with E-state index in [1.807, 2.05) is 31.2 Å². The van der Waals surface area contributed by atoms with Crippen LogP contribution in [-0.4, -0.2) is 10.9 Å². The Morgan fingerprint density at radius 3 is 2.71 bits per heavy atom. The number of aromatic nitrogens is 1. The van der Waals surface area contributed by atoms with Crippen LogP contribution in [0.15, 0.2) is 36.4 Å². The molecule has 0 bridgehead atoms. The predicted octanol–water partition coefficient (Wildman–Crippen LogP) is 5.65. The van der Waals surface area contributed by atoms with Gasteiger partial charge in [0.1, 0.15) is 0 Å². The molecule has 3 aromatic rings. The van der Waals surface area contributed by atoms with Crippen molar-refractivity contribution in [3.8, 4) is 0 Å². The third kappa shape index (κ3) is 3.14. The molecule has 6 heteroatoms. The van der Waals surface area contributed by atoms with Crippen molar-refractivity contribution in [1.82, 2.24) is 4.98 Å². The van der Waals surface area contributed by atoms with Crippen LogP contribution < -0.4 is 5.32 Å². The molecule has 0 unspecified atom stereocenters. The van der Waals surface area contributed by atoms with E-state index in [4.69, 9.17) is 23.2 Å². The molecule has 1 heterocycles. The molecule has 3 nitrogen and oxygen atoms in total. The summed E-state index contributed by atoms with van der Waals surface area (Å²) >= 11 is 13.6. The van der Waals surface area contributed by atoms with E-state index in [0.717, 1.165) is 22.2 Å². The average molecular weight is 377 g/mol. The normalized spacial score (nSPS) is 19.5. The molecule has 0 aliphatic heterocycles. The fraction of sp³-hybridized carbons (Fsp3) is 0.222. The maximum Gasteiger partial charge on any atom is 0.229 e. The highest BCUT2D eigenvalue weighted by molar-refractivity contribution is 7.22. The largest absolute Gasteiger partial charge is 0.302 e. The Morgan fingerprint density at radius 1 is 1.21 bits per heavy atom. The number of hydrogen-bond donors (Lipinski definition) is 1. The summed E-state index contributed by atoms with van der Waals surface area (Å²) in [6.45, 7) is 2.04. The van der Waals surface area contributed by atoms with Crippen LogP contribution in [0.3, 0.4) is 0 Å². The van der Waals surface area contributed by atoms with Gasteiger partial charge in [-0.15, -0.1) is 0 Å². The minimum atomic E-state index is -0.0479. The topological polar surface area (TPSA) is 42.0 Å². The van der Waals surface area contributed by atoms with E-state index in [-0.39, 0.29) is 17.7 Å². The van der Waals surface area contributed by atoms with Gasteiger partial charge in [0.2, 0.25) is 5.91 Å².